The van der Waals surface area contributed by atoms with E-state index in [4.69, 9.17) is 4.89 Å². The lowest BCUT2D eigenvalue weighted by Gasteiger charge is -1.91. The van der Waals surface area contributed by atoms with Crippen molar-refractivity contribution in [3.63, 3.8) is 0 Å². The highest BCUT2D eigenvalue weighted by Gasteiger charge is 1.82. The van der Waals surface area contributed by atoms with E-state index in [0.717, 1.165) is 0 Å². The molecule has 0 aliphatic carbocycles. The van der Waals surface area contributed by atoms with Crippen molar-refractivity contribution < 1.29 is 9.42 Å². The molecular formula is CH6NO2P. The quantitative estimate of drug-likeness (QED) is 0.444. The Kier molecular flexibility index (Phi) is 2.70. The first-order valence-corrected chi connectivity index (χ1v) is 2.33. The monoisotopic (exact) mass is 95.0 g/mol. The summed E-state index contributed by atoms with van der Waals surface area (Å²) in [6.07, 6.45) is 0. The lowest BCUT2D eigenvalue weighted by atomic mass is 11.8. The zero-order valence-corrected chi connectivity index (χ0v) is 3.77. The molecule has 0 aromatic carbocycles. The highest BCUT2D eigenvalue weighted by atomic mass is 31.2. The van der Waals surface area contributed by atoms with Crippen molar-refractivity contribution in [1.29, 1.82) is 0 Å². The molecule has 4 heteroatoms. The summed E-state index contributed by atoms with van der Waals surface area (Å²) in [6.45, 7) is 0. The van der Waals surface area contributed by atoms with Crippen LogP contribution in [0.25, 0.3) is 0 Å². The number of hydrogen-bond acceptors (Lipinski definition) is 3. The molecule has 0 spiro atoms. The van der Waals surface area contributed by atoms with Crippen LogP contribution in [0, 0.1) is 0 Å². The van der Waals surface area contributed by atoms with Gasteiger partial charge in [0.15, 0.2) is 0 Å². The second-order valence-corrected chi connectivity index (χ2v) is 1.46. The number of rotatable bonds is 1. The SMILES string of the molecule is COP(N)O. The van der Waals surface area contributed by atoms with E-state index < -0.39 is 8.53 Å². The van der Waals surface area contributed by atoms with Gasteiger partial charge in [-0.05, 0) is 0 Å². The second-order valence-electron chi connectivity index (χ2n) is 0.485. The van der Waals surface area contributed by atoms with Crippen molar-refractivity contribution in [3.05, 3.63) is 0 Å². The van der Waals surface area contributed by atoms with Crippen LogP contribution in [0.5, 0.6) is 0 Å². The Hall–Kier alpha value is 0.310. The second kappa shape index (κ2) is 2.54. The molecule has 3 N–H and O–H groups in total. The first-order valence-electron chi connectivity index (χ1n) is 1.05. The normalized spacial score (nSPS) is 15.0. The van der Waals surface area contributed by atoms with Crippen molar-refractivity contribution in [2.24, 2.45) is 5.50 Å². The minimum absolute atomic E-state index is 1.35. The van der Waals surface area contributed by atoms with Crippen LogP contribution < -0.4 is 5.50 Å². The average molecular weight is 95.0 g/mol. The predicted molar refractivity (Wildman–Crippen MR) is 20.3 cm³/mol. The Bertz CT molecular complexity index is 23.6. The van der Waals surface area contributed by atoms with Crippen molar-refractivity contribution in [2.45, 2.75) is 0 Å². The highest BCUT2D eigenvalue weighted by Crippen LogP contribution is 2.15. The molecule has 0 amide bonds. The molecule has 0 fully saturated rings. The van der Waals surface area contributed by atoms with Crippen LogP contribution >= 0.6 is 8.53 Å². The van der Waals surface area contributed by atoms with E-state index in [1.165, 1.54) is 7.11 Å². The Morgan fingerprint density at radius 2 is 2.20 bits per heavy atom. The fourth-order valence-electron chi connectivity index (χ4n) is 0. The molecule has 0 aromatic rings. The third kappa shape index (κ3) is 4.31. The van der Waals surface area contributed by atoms with Gasteiger partial charge in [-0.15, -0.1) is 0 Å². The van der Waals surface area contributed by atoms with Crippen molar-refractivity contribution in [3.8, 4) is 0 Å². The van der Waals surface area contributed by atoms with E-state index in [-0.39, 0.29) is 0 Å². The molecule has 0 aliphatic rings. The van der Waals surface area contributed by atoms with Crippen LogP contribution in [0.1, 0.15) is 0 Å². The third-order valence-corrected chi connectivity index (χ3v) is 0.561. The summed E-state index contributed by atoms with van der Waals surface area (Å²) in [5.74, 6) is 0. The molecule has 3 nitrogen and oxygen atoms in total. The van der Waals surface area contributed by atoms with E-state index in [2.05, 4.69) is 10.0 Å². The molecule has 0 saturated carbocycles. The van der Waals surface area contributed by atoms with E-state index in [9.17, 15) is 0 Å². The van der Waals surface area contributed by atoms with Crippen LogP contribution in [0.3, 0.4) is 0 Å². The molecule has 0 aromatic heterocycles. The molecule has 0 aliphatic heterocycles. The summed E-state index contributed by atoms with van der Waals surface area (Å²) >= 11 is 0. The van der Waals surface area contributed by atoms with Gasteiger partial charge in [0, 0.05) is 7.11 Å². The predicted octanol–water partition coefficient (Wildman–Crippen LogP) is -0.189. The summed E-state index contributed by atoms with van der Waals surface area (Å²) in [7, 11) is -0.245. The van der Waals surface area contributed by atoms with Crippen LogP contribution in [0.15, 0.2) is 0 Å². The van der Waals surface area contributed by atoms with Gasteiger partial charge in [0.25, 0.3) is 0 Å². The van der Waals surface area contributed by atoms with Gasteiger partial charge in [-0.2, -0.15) is 0 Å². The van der Waals surface area contributed by atoms with Crippen LogP contribution in [0.2, 0.25) is 0 Å². The minimum atomic E-state index is -1.60. The standard InChI is InChI=1S/CH6NO2P/c1-4-5(2)3/h3H,2H2,1H3. The number of hydrogen-bond donors (Lipinski definition) is 2. The fraction of sp³-hybridized carbons (Fsp3) is 1.00. The van der Waals surface area contributed by atoms with Gasteiger partial charge >= 0.3 is 0 Å². The largest absolute Gasteiger partial charge is 0.338 e. The molecule has 1 atom stereocenters. The molecule has 32 valence electrons. The molecule has 0 rings (SSSR count). The summed E-state index contributed by atoms with van der Waals surface area (Å²) in [5.41, 5.74) is 4.69. The van der Waals surface area contributed by atoms with E-state index in [1.54, 1.807) is 0 Å². The average Bonchev–Trinajstić information content (AvgIpc) is 1.38. The minimum Gasteiger partial charge on any atom is -0.338 e. The van der Waals surface area contributed by atoms with Gasteiger partial charge in [-0.1, -0.05) is 0 Å². The Balaban J connectivity index is 2.54. The first-order chi connectivity index (χ1) is 2.27. The van der Waals surface area contributed by atoms with Crippen LogP contribution in [-0.4, -0.2) is 12.0 Å². The zero-order chi connectivity index (χ0) is 4.28. The molecule has 5 heavy (non-hydrogen) atoms. The maximum atomic E-state index is 7.98. The summed E-state index contributed by atoms with van der Waals surface area (Å²) in [5, 5.41) is 0. The van der Waals surface area contributed by atoms with E-state index in [0.29, 0.717) is 0 Å². The zero-order valence-electron chi connectivity index (χ0n) is 2.88. The fourth-order valence-corrected chi connectivity index (χ4v) is 0. The Labute approximate surface area is 31.7 Å². The van der Waals surface area contributed by atoms with E-state index >= 15 is 0 Å². The van der Waals surface area contributed by atoms with Gasteiger partial charge < -0.3 is 9.42 Å². The summed E-state index contributed by atoms with van der Waals surface area (Å²) < 4.78 is 4.15. The van der Waals surface area contributed by atoms with Gasteiger partial charge in [0.1, 0.15) is 0 Å². The lowest BCUT2D eigenvalue weighted by molar-refractivity contribution is 0.391. The van der Waals surface area contributed by atoms with Gasteiger partial charge in [0.2, 0.25) is 8.53 Å². The molecule has 0 bridgehead atoms. The topological polar surface area (TPSA) is 55.5 Å². The van der Waals surface area contributed by atoms with E-state index in [1.807, 2.05) is 0 Å². The van der Waals surface area contributed by atoms with Gasteiger partial charge in [-0.3, -0.25) is 5.50 Å². The summed E-state index contributed by atoms with van der Waals surface area (Å²) in [6, 6.07) is 0. The molecule has 0 radical (unpaired) electrons. The lowest BCUT2D eigenvalue weighted by Crippen LogP contribution is -1.85. The van der Waals surface area contributed by atoms with Crippen molar-refractivity contribution in [2.75, 3.05) is 7.11 Å². The molecular weight excluding hydrogens is 89.0 g/mol. The maximum absolute atomic E-state index is 7.98. The smallest absolute Gasteiger partial charge is 0.249 e. The molecule has 1 unspecified atom stereocenters. The first kappa shape index (κ1) is 5.31. The molecule has 0 saturated heterocycles. The van der Waals surface area contributed by atoms with Crippen LogP contribution in [0.4, 0.5) is 0 Å². The highest BCUT2D eigenvalue weighted by molar-refractivity contribution is 7.43. The molecule has 0 heterocycles. The van der Waals surface area contributed by atoms with Crippen molar-refractivity contribution in [1.82, 2.24) is 0 Å². The van der Waals surface area contributed by atoms with Crippen LogP contribution in [-0.2, 0) is 4.52 Å². The van der Waals surface area contributed by atoms with Crippen molar-refractivity contribution >= 4 is 8.53 Å². The Morgan fingerprint density at radius 3 is 2.20 bits per heavy atom. The Morgan fingerprint density at radius 1 is 2.00 bits per heavy atom. The van der Waals surface area contributed by atoms with Gasteiger partial charge in [-0.25, -0.2) is 0 Å². The maximum Gasteiger partial charge on any atom is 0.249 e. The summed E-state index contributed by atoms with van der Waals surface area (Å²) in [4.78, 5) is 7.98. The number of nitrogens with two attached hydrogens (primary N) is 1. The third-order valence-electron chi connectivity index (χ3n) is 0.187. The van der Waals surface area contributed by atoms with Gasteiger partial charge in [0.05, 0.1) is 0 Å².